The van der Waals surface area contributed by atoms with Crippen molar-refractivity contribution in [2.24, 2.45) is 0 Å². The Morgan fingerprint density at radius 2 is 2.24 bits per heavy atom. The van der Waals surface area contributed by atoms with Gasteiger partial charge in [0.15, 0.2) is 10.8 Å². The lowest BCUT2D eigenvalue weighted by atomic mass is 9.94. The van der Waals surface area contributed by atoms with E-state index < -0.39 is 0 Å². The normalized spacial score (nSPS) is 17.7. The summed E-state index contributed by atoms with van der Waals surface area (Å²) in [7, 11) is 0. The molecule has 3 rings (SSSR count). The predicted octanol–water partition coefficient (Wildman–Crippen LogP) is 1.31. The minimum Gasteiger partial charge on any atom is -0.317 e. The number of nitrogens with zero attached hydrogens (tertiary/aromatic N) is 4. The number of thioether (sulfide) groups is 1. The van der Waals surface area contributed by atoms with Crippen molar-refractivity contribution in [3.05, 3.63) is 18.1 Å². The highest BCUT2D eigenvalue weighted by Crippen LogP contribution is 2.26. The van der Waals surface area contributed by atoms with Crippen molar-refractivity contribution in [3.63, 3.8) is 0 Å². The highest BCUT2D eigenvalue weighted by molar-refractivity contribution is 7.98. The van der Waals surface area contributed by atoms with Crippen LogP contribution in [0.3, 0.4) is 0 Å². The fourth-order valence-corrected chi connectivity index (χ4v) is 2.79. The van der Waals surface area contributed by atoms with E-state index in [0.717, 1.165) is 42.4 Å². The first kappa shape index (κ1) is 11.0. The number of rotatable bonds is 2. The van der Waals surface area contributed by atoms with Crippen molar-refractivity contribution in [2.45, 2.75) is 23.9 Å². The van der Waals surface area contributed by atoms with Crippen LogP contribution in [0, 0.1) is 0 Å². The maximum absolute atomic E-state index is 4.71. The minimum absolute atomic E-state index is 0.559. The molecule has 5 nitrogen and oxygen atoms in total. The van der Waals surface area contributed by atoms with E-state index in [-0.39, 0.29) is 0 Å². The molecule has 0 radical (unpaired) electrons. The van der Waals surface area contributed by atoms with Gasteiger partial charge < -0.3 is 5.32 Å². The summed E-state index contributed by atoms with van der Waals surface area (Å²) in [5, 5.41) is 8.49. The van der Waals surface area contributed by atoms with Crippen LogP contribution in [0.5, 0.6) is 0 Å². The highest BCUT2D eigenvalue weighted by atomic mass is 32.2. The van der Waals surface area contributed by atoms with Gasteiger partial charge in [-0.25, -0.2) is 9.97 Å². The molecule has 0 aliphatic carbocycles. The van der Waals surface area contributed by atoms with Gasteiger partial charge in [0.1, 0.15) is 6.33 Å². The summed E-state index contributed by atoms with van der Waals surface area (Å²) in [6.07, 6.45) is 5.93. The third kappa shape index (κ3) is 2.02. The molecule has 0 unspecified atom stereocenters. The van der Waals surface area contributed by atoms with E-state index in [1.54, 1.807) is 22.6 Å². The van der Waals surface area contributed by atoms with Crippen LogP contribution in [0.2, 0.25) is 0 Å². The van der Waals surface area contributed by atoms with Crippen LogP contribution >= 0.6 is 11.8 Å². The monoisotopic (exact) mass is 249 g/mol. The van der Waals surface area contributed by atoms with Crippen molar-refractivity contribution in [3.8, 4) is 0 Å². The minimum atomic E-state index is 0.559. The van der Waals surface area contributed by atoms with Crippen LogP contribution in [-0.4, -0.2) is 38.9 Å². The van der Waals surface area contributed by atoms with E-state index in [9.17, 15) is 0 Å². The van der Waals surface area contributed by atoms with Gasteiger partial charge in [0.25, 0.3) is 0 Å². The van der Waals surface area contributed by atoms with E-state index in [2.05, 4.69) is 21.5 Å². The Bertz CT molecular complexity index is 518. The maximum Gasteiger partial charge on any atom is 0.190 e. The number of aromatic nitrogens is 4. The maximum atomic E-state index is 4.71. The molecule has 17 heavy (non-hydrogen) atoms. The van der Waals surface area contributed by atoms with Crippen LogP contribution in [0.1, 0.15) is 24.5 Å². The first-order chi connectivity index (χ1) is 8.38. The molecule has 1 saturated heterocycles. The summed E-state index contributed by atoms with van der Waals surface area (Å²) in [5.74, 6) is 0.559. The van der Waals surface area contributed by atoms with Gasteiger partial charge in [0.2, 0.25) is 0 Å². The predicted molar refractivity (Wildman–Crippen MR) is 67.4 cm³/mol. The van der Waals surface area contributed by atoms with Crippen molar-refractivity contribution in [2.75, 3.05) is 19.3 Å². The second-order valence-electron chi connectivity index (χ2n) is 4.22. The second-order valence-corrected chi connectivity index (χ2v) is 5.00. The molecule has 0 saturated carbocycles. The molecule has 6 heteroatoms. The third-order valence-corrected chi connectivity index (χ3v) is 3.83. The molecule has 1 fully saturated rings. The molecule has 2 aromatic rings. The summed E-state index contributed by atoms with van der Waals surface area (Å²) < 4.78 is 1.80. The van der Waals surface area contributed by atoms with Gasteiger partial charge >= 0.3 is 0 Å². The van der Waals surface area contributed by atoms with E-state index in [1.807, 2.05) is 6.26 Å². The Kier molecular flexibility index (Phi) is 2.98. The van der Waals surface area contributed by atoms with Gasteiger partial charge in [0.05, 0.1) is 5.69 Å². The number of nitrogens with one attached hydrogen (secondary N) is 1. The molecule has 1 N–H and O–H groups in total. The Labute approximate surface area is 104 Å². The summed E-state index contributed by atoms with van der Waals surface area (Å²) in [6, 6.07) is 2.07. The molecule has 0 spiro atoms. The molecule has 1 aliphatic rings. The fraction of sp³-hybridized carbons (Fsp3) is 0.545. The van der Waals surface area contributed by atoms with E-state index in [0.29, 0.717) is 5.92 Å². The van der Waals surface area contributed by atoms with E-state index in [1.165, 1.54) is 0 Å². The van der Waals surface area contributed by atoms with Gasteiger partial charge in [-0.05, 0) is 32.2 Å². The SMILES string of the molecule is CSc1nc(C2CCNCC2)cc2ncnn12. The molecule has 0 amide bonds. The smallest absolute Gasteiger partial charge is 0.190 e. The topological polar surface area (TPSA) is 55.1 Å². The Hall–Kier alpha value is -1.14. The zero-order valence-corrected chi connectivity index (χ0v) is 10.6. The van der Waals surface area contributed by atoms with Crippen LogP contribution in [0.15, 0.2) is 17.6 Å². The van der Waals surface area contributed by atoms with E-state index in [4.69, 9.17) is 4.98 Å². The molecular formula is C11H15N5S. The molecule has 1 aliphatic heterocycles. The summed E-state index contributed by atoms with van der Waals surface area (Å²) in [4.78, 5) is 8.98. The standard InChI is InChI=1S/C11H15N5S/c1-17-11-15-9(8-2-4-12-5-3-8)6-10-13-7-14-16(10)11/h6-8,12H,2-5H2,1H3. The van der Waals surface area contributed by atoms with Gasteiger partial charge in [-0.3, -0.25) is 0 Å². The van der Waals surface area contributed by atoms with Gasteiger partial charge in [-0.1, -0.05) is 11.8 Å². The van der Waals surface area contributed by atoms with Crippen molar-refractivity contribution >= 4 is 17.4 Å². The van der Waals surface area contributed by atoms with Gasteiger partial charge in [0, 0.05) is 12.0 Å². The Balaban J connectivity index is 2.03. The average molecular weight is 249 g/mol. The summed E-state index contributed by atoms with van der Waals surface area (Å²) in [6.45, 7) is 2.16. The number of hydrogen-bond donors (Lipinski definition) is 1. The van der Waals surface area contributed by atoms with Crippen LogP contribution in [0.25, 0.3) is 5.65 Å². The lowest BCUT2D eigenvalue weighted by Gasteiger charge is -2.22. The molecule has 90 valence electrons. The molecule has 0 aromatic carbocycles. The van der Waals surface area contributed by atoms with Crippen molar-refractivity contribution < 1.29 is 0 Å². The summed E-state index contributed by atoms with van der Waals surface area (Å²) in [5.41, 5.74) is 2.06. The highest BCUT2D eigenvalue weighted by Gasteiger charge is 2.18. The largest absolute Gasteiger partial charge is 0.317 e. The molecule has 0 bridgehead atoms. The summed E-state index contributed by atoms with van der Waals surface area (Å²) >= 11 is 1.61. The fourth-order valence-electron chi connectivity index (χ4n) is 2.28. The second kappa shape index (κ2) is 4.62. The number of fused-ring (bicyclic) bond motifs is 1. The lowest BCUT2D eigenvalue weighted by Crippen LogP contribution is -2.27. The first-order valence-corrected chi connectivity index (χ1v) is 7.06. The van der Waals surface area contributed by atoms with E-state index >= 15 is 0 Å². The molecule has 2 aromatic heterocycles. The Morgan fingerprint density at radius 1 is 1.41 bits per heavy atom. The van der Waals surface area contributed by atoms with Crippen LogP contribution < -0.4 is 5.32 Å². The van der Waals surface area contributed by atoms with Crippen molar-refractivity contribution in [1.82, 2.24) is 24.9 Å². The molecule has 0 atom stereocenters. The van der Waals surface area contributed by atoms with Crippen LogP contribution in [0.4, 0.5) is 0 Å². The van der Waals surface area contributed by atoms with Gasteiger partial charge in [-0.15, -0.1) is 0 Å². The lowest BCUT2D eigenvalue weighted by molar-refractivity contribution is 0.450. The molecular weight excluding hydrogens is 234 g/mol. The van der Waals surface area contributed by atoms with Gasteiger partial charge in [-0.2, -0.15) is 9.61 Å². The molecule has 3 heterocycles. The van der Waals surface area contributed by atoms with Crippen molar-refractivity contribution in [1.29, 1.82) is 0 Å². The zero-order chi connectivity index (χ0) is 11.7. The average Bonchev–Trinajstić information content (AvgIpc) is 2.86. The number of hydrogen-bond acceptors (Lipinski definition) is 5. The third-order valence-electron chi connectivity index (χ3n) is 3.20. The van der Waals surface area contributed by atoms with Crippen LogP contribution in [-0.2, 0) is 0 Å². The zero-order valence-electron chi connectivity index (χ0n) is 9.76. The first-order valence-electron chi connectivity index (χ1n) is 5.84. The number of piperidine rings is 1. The Morgan fingerprint density at radius 3 is 3.00 bits per heavy atom. The quantitative estimate of drug-likeness (QED) is 0.642.